The van der Waals surface area contributed by atoms with Crippen molar-refractivity contribution in [3.63, 3.8) is 0 Å². The van der Waals surface area contributed by atoms with E-state index in [2.05, 4.69) is 68.9 Å². The molecule has 0 radical (unpaired) electrons. The van der Waals surface area contributed by atoms with Crippen LogP contribution in [0.5, 0.6) is 0 Å². The van der Waals surface area contributed by atoms with Crippen molar-refractivity contribution in [2.45, 2.75) is 53.4 Å². The summed E-state index contributed by atoms with van der Waals surface area (Å²) >= 11 is 0. The SMILES string of the molecule is CC(N)=O.CC1=CCC=CC=C1.CCOC(=O)c1cccc(-n2nc(C(C)(C)C)cc2N)c1. The van der Waals surface area contributed by atoms with E-state index >= 15 is 0 Å². The number of rotatable bonds is 3. The summed E-state index contributed by atoms with van der Waals surface area (Å²) < 4.78 is 6.65. The highest BCUT2D eigenvalue weighted by Gasteiger charge is 2.20. The largest absolute Gasteiger partial charge is 0.462 e. The zero-order chi connectivity index (χ0) is 25.0. The monoisotopic (exact) mass is 452 g/mol. The molecule has 4 N–H and O–H groups in total. The molecule has 0 saturated carbocycles. The van der Waals surface area contributed by atoms with E-state index in [1.54, 1.807) is 29.8 Å². The predicted octanol–water partition coefficient (Wildman–Crippen LogP) is 4.87. The van der Waals surface area contributed by atoms with Gasteiger partial charge in [0.25, 0.3) is 0 Å². The number of hydrogen-bond donors (Lipinski definition) is 2. The van der Waals surface area contributed by atoms with E-state index in [1.165, 1.54) is 12.5 Å². The Hall–Kier alpha value is -3.61. The Balaban J connectivity index is 0.000000372. The molecule has 7 nitrogen and oxygen atoms in total. The number of nitrogens with two attached hydrogens (primary N) is 2. The third kappa shape index (κ3) is 10.0. The molecule has 7 heteroatoms. The molecule has 0 saturated heterocycles. The number of benzene rings is 1. The van der Waals surface area contributed by atoms with E-state index in [0.29, 0.717) is 18.0 Å². The van der Waals surface area contributed by atoms with Gasteiger partial charge in [-0.05, 0) is 38.5 Å². The number of hydrogen-bond acceptors (Lipinski definition) is 5. The number of allylic oxidation sites excluding steroid dienone is 6. The normalized spacial score (nSPS) is 12.4. The lowest BCUT2D eigenvalue weighted by atomic mass is 9.92. The van der Waals surface area contributed by atoms with Crippen LogP contribution in [-0.2, 0) is 14.9 Å². The Labute approximate surface area is 196 Å². The summed E-state index contributed by atoms with van der Waals surface area (Å²) in [4.78, 5) is 21.0. The lowest BCUT2D eigenvalue weighted by Gasteiger charge is -2.14. The lowest BCUT2D eigenvalue weighted by Crippen LogP contribution is -2.13. The van der Waals surface area contributed by atoms with E-state index in [-0.39, 0.29) is 17.3 Å². The van der Waals surface area contributed by atoms with E-state index in [4.69, 9.17) is 10.5 Å². The van der Waals surface area contributed by atoms with Crippen LogP contribution in [0.15, 0.2) is 66.3 Å². The van der Waals surface area contributed by atoms with Crippen LogP contribution in [0.3, 0.4) is 0 Å². The Morgan fingerprint density at radius 1 is 1.18 bits per heavy atom. The van der Waals surface area contributed by atoms with Crippen LogP contribution in [0, 0.1) is 0 Å². The molecule has 1 amide bonds. The molecule has 1 aliphatic carbocycles. The second-order valence-electron chi connectivity index (χ2n) is 8.47. The Bertz CT molecular complexity index is 1020. The van der Waals surface area contributed by atoms with Crippen LogP contribution in [0.1, 0.15) is 64.0 Å². The Morgan fingerprint density at radius 2 is 1.85 bits per heavy atom. The molecule has 33 heavy (non-hydrogen) atoms. The third-order valence-electron chi connectivity index (χ3n) is 4.29. The summed E-state index contributed by atoms with van der Waals surface area (Å²) in [6.07, 6.45) is 11.7. The van der Waals surface area contributed by atoms with Crippen LogP contribution in [-0.4, -0.2) is 28.3 Å². The predicted molar refractivity (Wildman–Crippen MR) is 134 cm³/mol. The zero-order valence-electron chi connectivity index (χ0n) is 20.5. The van der Waals surface area contributed by atoms with Crippen molar-refractivity contribution in [2.75, 3.05) is 12.3 Å². The summed E-state index contributed by atoms with van der Waals surface area (Å²) in [6.45, 7) is 11.8. The fraction of sp³-hybridized carbons (Fsp3) is 0.346. The summed E-state index contributed by atoms with van der Waals surface area (Å²) in [7, 11) is 0. The average molecular weight is 453 g/mol. The summed E-state index contributed by atoms with van der Waals surface area (Å²) in [5.74, 6) is -0.137. The van der Waals surface area contributed by atoms with Crippen LogP contribution in [0.4, 0.5) is 5.82 Å². The van der Waals surface area contributed by atoms with E-state index in [9.17, 15) is 9.59 Å². The molecule has 0 bridgehead atoms. The third-order valence-corrected chi connectivity index (χ3v) is 4.29. The first-order valence-corrected chi connectivity index (χ1v) is 10.8. The number of amides is 1. The van der Waals surface area contributed by atoms with Gasteiger partial charge in [-0.15, -0.1) is 0 Å². The Kier molecular flexibility index (Phi) is 10.8. The minimum absolute atomic E-state index is 0.0852. The Morgan fingerprint density at radius 3 is 2.42 bits per heavy atom. The van der Waals surface area contributed by atoms with Crippen molar-refractivity contribution < 1.29 is 14.3 Å². The highest BCUT2D eigenvalue weighted by Crippen LogP contribution is 2.25. The number of aromatic nitrogens is 2. The van der Waals surface area contributed by atoms with Gasteiger partial charge in [0.15, 0.2) is 0 Å². The fourth-order valence-corrected chi connectivity index (χ4v) is 2.63. The smallest absolute Gasteiger partial charge is 0.338 e. The van der Waals surface area contributed by atoms with Crippen LogP contribution < -0.4 is 11.5 Å². The molecule has 0 unspecified atom stereocenters. The molecule has 0 aliphatic heterocycles. The molecule has 1 aromatic carbocycles. The number of nitrogen functional groups attached to an aromatic ring is 1. The molecule has 1 aliphatic rings. The fourth-order valence-electron chi connectivity index (χ4n) is 2.63. The van der Waals surface area contributed by atoms with Gasteiger partial charge >= 0.3 is 5.97 Å². The van der Waals surface area contributed by atoms with Gasteiger partial charge in [0.1, 0.15) is 5.82 Å². The van der Waals surface area contributed by atoms with Crippen LogP contribution in [0.2, 0.25) is 0 Å². The van der Waals surface area contributed by atoms with E-state index in [0.717, 1.165) is 17.8 Å². The maximum Gasteiger partial charge on any atom is 0.338 e. The molecule has 1 heterocycles. The van der Waals surface area contributed by atoms with Gasteiger partial charge in [-0.1, -0.05) is 62.8 Å². The van der Waals surface area contributed by atoms with Crippen molar-refractivity contribution in [1.29, 1.82) is 0 Å². The molecule has 178 valence electrons. The van der Waals surface area contributed by atoms with Gasteiger partial charge < -0.3 is 16.2 Å². The van der Waals surface area contributed by atoms with Gasteiger partial charge in [0.05, 0.1) is 23.6 Å². The van der Waals surface area contributed by atoms with Gasteiger partial charge in [-0.3, -0.25) is 4.79 Å². The van der Waals surface area contributed by atoms with Crippen molar-refractivity contribution in [2.24, 2.45) is 5.73 Å². The van der Waals surface area contributed by atoms with E-state index < -0.39 is 0 Å². The number of carbonyl (C=O) groups excluding carboxylic acids is 2. The summed E-state index contributed by atoms with van der Waals surface area (Å²) in [6, 6.07) is 8.95. The lowest BCUT2D eigenvalue weighted by molar-refractivity contribution is -0.115. The summed E-state index contributed by atoms with van der Waals surface area (Å²) in [5, 5.41) is 4.54. The van der Waals surface area contributed by atoms with Crippen molar-refractivity contribution >= 4 is 17.7 Å². The first-order chi connectivity index (χ1) is 15.5. The topological polar surface area (TPSA) is 113 Å². The van der Waals surface area contributed by atoms with E-state index in [1.807, 2.05) is 12.1 Å². The van der Waals surface area contributed by atoms with Gasteiger partial charge in [0, 0.05) is 18.4 Å². The van der Waals surface area contributed by atoms with Gasteiger partial charge in [0.2, 0.25) is 5.91 Å². The minimum atomic E-state index is -0.346. The minimum Gasteiger partial charge on any atom is -0.462 e. The second-order valence-corrected chi connectivity index (χ2v) is 8.47. The van der Waals surface area contributed by atoms with Gasteiger partial charge in [-0.25, -0.2) is 9.48 Å². The van der Waals surface area contributed by atoms with Crippen molar-refractivity contribution in [3.8, 4) is 5.69 Å². The average Bonchev–Trinajstić information content (AvgIpc) is 2.97. The molecule has 3 rings (SSSR count). The van der Waals surface area contributed by atoms with Crippen molar-refractivity contribution in [3.05, 3.63) is 77.5 Å². The first-order valence-electron chi connectivity index (χ1n) is 10.8. The number of ether oxygens (including phenoxy) is 1. The zero-order valence-corrected chi connectivity index (χ0v) is 20.5. The second kappa shape index (κ2) is 13.1. The standard InChI is InChI=1S/C16H21N3O2.C8H10.C2H5NO/c1-5-21-15(20)11-7-6-8-12(9-11)19-14(17)10-13(18-19)16(2,3)4;1-8-6-4-2-3-5-7-8;1-2(3)4/h6-10H,5,17H2,1-4H3;2-4,6-7H,5H2,1H3;1H3,(H2,3,4). The number of esters is 1. The molecule has 0 spiro atoms. The quantitative estimate of drug-likeness (QED) is 0.645. The molecule has 0 fully saturated rings. The number of carbonyl (C=O) groups is 2. The van der Waals surface area contributed by atoms with Crippen LogP contribution in [0.25, 0.3) is 5.69 Å². The molecule has 2 aromatic rings. The number of primary amides is 1. The number of nitrogens with zero attached hydrogens (tertiary/aromatic N) is 2. The molecule has 0 atom stereocenters. The van der Waals surface area contributed by atoms with Gasteiger partial charge in [-0.2, -0.15) is 5.10 Å². The molecular weight excluding hydrogens is 416 g/mol. The molecular formula is C26H36N4O3. The highest BCUT2D eigenvalue weighted by molar-refractivity contribution is 5.90. The molecule has 1 aromatic heterocycles. The summed E-state index contributed by atoms with van der Waals surface area (Å²) in [5.41, 5.74) is 13.9. The highest BCUT2D eigenvalue weighted by atomic mass is 16.5. The maximum absolute atomic E-state index is 11.8. The number of anilines is 1. The first kappa shape index (κ1) is 27.4. The van der Waals surface area contributed by atoms with Crippen LogP contribution >= 0.6 is 0 Å². The van der Waals surface area contributed by atoms with Crippen molar-refractivity contribution in [1.82, 2.24) is 9.78 Å². The maximum atomic E-state index is 11.8.